The second kappa shape index (κ2) is 6.71. The molecule has 7 rings (SSSR count). The average Bonchev–Trinajstić information content (AvgIpc) is 3.18. The molecule has 2 aromatic heterocycles. The summed E-state index contributed by atoms with van der Waals surface area (Å²) in [5, 5.41) is 4.89. The number of benzene rings is 4. The number of ether oxygens (including phenoxy) is 1. The topological polar surface area (TPSA) is 18.0 Å². The molecule has 0 atom stereocenters. The summed E-state index contributed by atoms with van der Waals surface area (Å²) in [6.07, 6.45) is 2.17. The lowest BCUT2D eigenvalue weighted by Crippen LogP contribution is -2.32. The maximum atomic E-state index is 6.71. The van der Waals surface area contributed by atoms with Crippen molar-refractivity contribution in [2.24, 2.45) is 7.05 Å². The molecule has 3 heterocycles. The molecule has 6 aromatic rings. The highest BCUT2D eigenvalue weighted by Gasteiger charge is 2.31. The van der Waals surface area contributed by atoms with Gasteiger partial charge in [0.15, 0.2) is 6.20 Å². The first kappa shape index (κ1) is 19.4. The SMILES string of the molecule is Cc1cc(C)c2c(c1C)-c1c3c(cc(-n4c5ccccc5c5ccccc54)cc3cc[n+]1C)O2. The zero-order chi connectivity index (χ0) is 23.1. The van der Waals surface area contributed by atoms with Gasteiger partial charge in [-0.1, -0.05) is 42.5 Å². The summed E-state index contributed by atoms with van der Waals surface area (Å²) in [6, 6.07) is 26.2. The summed E-state index contributed by atoms with van der Waals surface area (Å²) in [7, 11) is 2.13. The van der Waals surface area contributed by atoms with Crippen LogP contribution in [0.25, 0.3) is 49.5 Å². The Balaban J connectivity index is 1.61. The zero-order valence-electron chi connectivity index (χ0n) is 19.8. The van der Waals surface area contributed by atoms with Gasteiger partial charge in [-0.05, 0) is 55.7 Å². The Morgan fingerprint density at radius 1 is 0.765 bits per heavy atom. The van der Waals surface area contributed by atoms with Crippen LogP contribution in [0.1, 0.15) is 16.7 Å². The molecule has 0 saturated heterocycles. The van der Waals surface area contributed by atoms with Crippen LogP contribution in [-0.4, -0.2) is 4.57 Å². The minimum Gasteiger partial charge on any atom is -0.455 e. The van der Waals surface area contributed by atoms with Crippen LogP contribution in [0.15, 0.2) is 79.0 Å². The Morgan fingerprint density at radius 2 is 1.44 bits per heavy atom. The van der Waals surface area contributed by atoms with E-state index in [1.165, 1.54) is 60.5 Å². The van der Waals surface area contributed by atoms with E-state index in [-0.39, 0.29) is 0 Å². The lowest BCUT2D eigenvalue weighted by molar-refractivity contribution is -0.659. The maximum Gasteiger partial charge on any atom is 0.228 e. The average molecular weight is 442 g/mol. The van der Waals surface area contributed by atoms with Gasteiger partial charge in [-0.2, -0.15) is 0 Å². The summed E-state index contributed by atoms with van der Waals surface area (Å²) in [6.45, 7) is 6.53. The van der Waals surface area contributed by atoms with Crippen molar-refractivity contribution in [2.75, 3.05) is 0 Å². The molecule has 1 aliphatic rings. The smallest absolute Gasteiger partial charge is 0.228 e. The molecular formula is C31H25N2O+. The third-order valence-corrected chi connectivity index (χ3v) is 7.46. The molecule has 0 radical (unpaired) electrons. The van der Waals surface area contributed by atoms with E-state index in [1.807, 2.05) is 0 Å². The first-order valence-electron chi connectivity index (χ1n) is 11.8. The zero-order valence-corrected chi connectivity index (χ0v) is 19.8. The number of rotatable bonds is 1. The maximum absolute atomic E-state index is 6.71. The van der Waals surface area contributed by atoms with E-state index in [9.17, 15) is 0 Å². The predicted molar refractivity (Wildman–Crippen MR) is 139 cm³/mol. The molecule has 0 fully saturated rings. The van der Waals surface area contributed by atoms with Crippen LogP contribution in [0, 0.1) is 20.8 Å². The molecule has 3 heteroatoms. The fourth-order valence-electron chi connectivity index (χ4n) is 5.75. The number of para-hydroxylation sites is 2. The van der Waals surface area contributed by atoms with Crippen LogP contribution in [0.2, 0.25) is 0 Å². The third kappa shape index (κ3) is 2.44. The summed E-state index contributed by atoms with van der Waals surface area (Å²) >= 11 is 0. The lowest BCUT2D eigenvalue weighted by atomic mass is 9.91. The van der Waals surface area contributed by atoms with Gasteiger partial charge >= 0.3 is 0 Å². The number of hydrogen-bond acceptors (Lipinski definition) is 1. The van der Waals surface area contributed by atoms with Gasteiger partial charge in [-0.25, -0.2) is 4.57 Å². The normalized spacial score (nSPS) is 12.4. The minimum atomic E-state index is 0.916. The Kier molecular flexibility index (Phi) is 3.82. The van der Waals surface area contributed by atoms with Crippen molar-refractivity contribution in [3.8, 4) is 28.4 Å². The minimum absolute atomic E-state index is 0.916. The van der Waals surface area contributed by atoms with E-state index in [4.69, 9.17) is 4.74 Å². The van der Waals surface area contributed by atoms with Crippen molar-refractivity contribution in [2.45, 2.75) is 20.8 Å². The van der Waals surface area contributed by atoms with Gasteiger partial charge in [0.25, 0.3) is 0 Å². The first-order valence-corrected chi connectivity index (χ1v) is 11.8. The second-order valence-corrected chi connectivity index (χ2v) is 9.49. The molecule has 4 aromatic carbocycles. The van der Waals surface area contributed by atoms with Crippen molar-refractivity contribution in [3.63, 3.8) is 0 Å². The highest BCUT2D eigenvalue weighted by Crippen LogP contribution is 2.49. The highest BCUT2D eigenvalue weighted by atomic mass is 16.5. The van der Waals surface area contributed by atoms with E-state index in [2.05, 4.69) is 116 Å². The van der Waals surface area contributed by atoms with Crippen molar-refractivity contribution >= 4 is 32.6 Å². The quantitative estimate of drug-likeness (QED) is 0.242. The standard InChI is InChI=1S/C31H25N2O/c1-18-15-19(2)31-28(20(18)3)30-29-21(13-14-32(30)4)16-22(17-27(29)34-31)33-25-11-7-5-9-23(25)24-10-6-8-12-26(24)33/h5-17H,1-4H3/q+1. The van der Waals surface area contributed by atoms with Crippen LogP contribution in [0.3, 0.4) is 0 Å². The van der Waals surface area contributed by atoms with E-state index in [0.717, 1.165) is 17.2 Å². The van der Waals surface area contributed by atoms with Crippen molar-refractivity contribution in [1.82, 2.24) is 4.57 Å². The molecule has 0 saturated carbocycles. The Bertz CT molecular complexity index is 1770. The number of aromatic nitrogens is 2. The number of fused-ring (bicyclic) bond motifs is 5. The van der Waals surface area contributed by atoms with Crippen LogP contribution >= 0.6 is 0 Å². The predicted octanol–water partition coefficient (Wildman–Crippen LogP) is 7.46. The Hall–Kier alpha value is -4.11. The van der Waals surface area contributed by atoms with Gasteiger partial charge in [0.1, 0.15) is 18.5 Å². The molecule has 0 amide bonds. The van der Waals surface area contributed by atoms with Crippen LogP contribution in [0.4, 0.5) is 0 Å². The summed E-state index contributed by atoms with van der Waals surface area (Å²) in [5.74, 6) is 1.89. The van der Waals surface area contributed by atoms with Crippen LogP contribution in [-0.2, 0) is 7.05 Å². The molecule has 34 heavy (non-hydrogen) atoms. The number of nitrogens with zero attached hydrogens (tertiary/aromatic N) is 2. The molecule has 0 bridgehead atoms. The molecule has 164 valence electrons. The molecule has 0 unspecified atom stereocenters. The Labute approximate surface area is 198 Å². The molecule has 3 nitrogen and oxygen atoms in total. The van der Waals surface area contributed by atoms with Gasteiger partial charge in [0.2, 0.25) is 5.69 Å². The van der Waals surface area contributed by atoms with E-state index in [0.29, 0.717) is 0 Å². The number of pyridine rings is 1. The molecule has 1 aliphatic heterocycles. The molecular weight excluding hydrogens is 416 g/mol. The van der Waals surface area contributed by atoms with Gasteiger partial charge in [0.05, 0.1) is 27.7 Å². The van der Waals surface area contributed by atoms with Gasteiger partial charge in [-0.15, -0.1) is 0 Å². The monoisotopic (exact) mass is 441 g/mol. The summed E-state index contributed by atoms with van der Waals surface area (Å²) in [5.41, 5.74) is 9.71. The largest absolute Gasteiger partial charge is 0.455 e. The third-order valence-electron chi connectivity index (χ3n) is 7.46. The van der Waals surface area contributed by atoms with E-state index >= 15 is 0 Å². The number of hydrogen-bond donors (Lipinski definition) is 0. The van der Waals surface area contributed by atoms with Crippen LogP contribution < -0.4 is 9.30 Å². The molecule has 0 spiro atoms. The molecule has 0 aliphatic carbocycles. The van der Waals surface area contributed by atoms with Crippen molar-refractivity contribution < 1.29 is 9.30 Å². The van der Waals surface area contributed by atoms with Crippen molar-refractivity contribution in [3.05, 3.63) is 95.7 Å². The van der Waals surface area contributed by atoms with E-state index in [1.54, 1.807) is 0 Å². The van der Waals surface area contributed by atoms with Crippen LogP contribution in [0.5, 0.6) is 11.5 Å². The van der Waals surface area contributed by atoms with E-state index < -0.39 is 0 Å². The highest BCUT2D eigenvalue weighted by molar-refractivity contribution is 6.10. The van der Waals surface area contributed by atoms with Gasteiger partial charge < -0.3 is 9.30 Å². The fourth-order valence-corrected chi connectivity index (χ4v) is 5.75. The van der Waals surface area contributed by atoms with Gasteiger partial charge in [-0.3, -0.25) is 0 Å². The number of aryl methyl sites for hydroxylation is 3. The van der Waals surface area contributed by atoms with Crippen molar-refractivity contribution in [1.29, 1.82) is 0 Å². The molecule has 0 N–H and O–H groups in total. The lowest BCUT2D eigenvalue weighted by Gasteiger charge is -2.24. The summed E-state index contributed by atoms with van der Waals surface area (Å²) in [4.78, 5) is 0. The van der Waals surface area contributed by atoms with Gasteiger partial charge in [0, 0.05) is 28.3 Å². The Morgan fingerprint density at radius 3 is 2.15 bits per heavy atom. The first-order chi connectivity index (χ1) is 16.5. The fraction of sp³-hybridized carbons (Fsp3) is 0.129. The summed E-state index contributed by atoms with van der Waals surface area (Å²) < 4.78 is 11.3. The second-order valence-electron chi connectivity index (χ2n) is 9.49.